The number of rotatable bonds is 5. The second kappa shape index (κ2) is 7.16. The highest BCUT2D eigenvalue weighted by Gasteiger charge is 2.06. The molecule has 3 aromatic carbocycles. The molecule has 0 aliphatic rings. The predicted molar refractivity (Wildman–Crippen MR) is 101 cm³/mol. The van der Waals surface area contributed by atoms with E-state index in [4.69, 9.17) is 14.4 Å². The van der Waals surface area contributed by atoms with Gasteiger partial charge in [-0.2, -0.15) is 5.26 Å². The van der Waals surface area contributed by atoms with Crippen molar-refractivity contribution in [1.29, 1.82) is 5.26 Å². The number of nitrogens with zero attached hydrogens (tertiary/aromatic N) is 1. The van der Waals surface area contributed by atoms with Crippen LogP contribution >= 0.6 is 0 Å². The number of benzene rings is 3. The van der Waals surface area contributed by atoms with Crippen LogP contribution in [0.25, 0.3) is 11.0 Å². The molecule has 26 heavy (non-hydrogen) atoms. The summed E-state index contributed by atoms with van der Waals surface area (Å²) in [5.41, 5.74) is 3.75. The molecule has 0 radical (unpaired) electrons. The van der Waals surface area contributed by atoms with Gasteiger partial charge in [0.05, 0.1) is 11.6 Å². The summed E-state index contributed by atoms with van der Waals surface area (Å²) in [5, 5.41) is 9.95. The number of nitriles is 1. The molecule has 4 rings (SSSR count). The molecule has 126 valence electrons. The molecule has 0 spiro atoms. The first-order valence-electron chi connectivity index (χ1n) is 8.48. The predicted octanol–water partition coefficient (Wildman–Crippen LogP) is 5.47. The summed E-state index contributed by atoms with van der Waals surface area (Å²) in [4.78, 5) is 0. The van der Waals surface area contributed by atoms with Crippen molar-refractivity contribution in [2.45, 2.75) is 13.0 Å². The van der Waals surface area contributed by atoms with Crippen LogP contribution in [-0.2, 0) is 13.0 Å². The van der Waals surface area contributed by atoms with Gasteiger partial charge in [0.15, 0.2) is 0 Å². The average molecular weight is 339 g/mol. The molecular formula is C23H17NO2. The lowest BCUT2D eigenvalue weighted by atomic mass is 10.1. The van der Waals surface area contributed by atoms with E-state index in [0.717, 1.165) is 33.6 Å². The van der Waals surface area contributed by atoms with Crippen LogP contribution in [0, 0.1) is 11.3 Å². The van der Waals surface area contributed by atoms with Gasteiger partial charge in [-0.25, -0.2) is 0 Å². The molecule has 4 aromatic rings. The molecule has 3 nitrogen and oxygen atoms in total. The van der Waals surface area contributed by atoms with Gasteiger partial charge in [0, 0.05) is 11.8 Å². The van der Waals surface area contributed by atoms with Crippen molar-refractivity contribution in [3.63, 3.8) is 0 Å². The van der Waals surface area contributed by atoms with E-state index < -0.39 is 0 Å². The van der Waals surface area contributed by atoms with Gasteiger partial charge < -0.3 is 9.15 Å². The van der Waals surface area contributed by atoms with Crippen LogP contribution in [0.3, 0.4) is 0 Å². The van der Waals surface area contributed by atoms with E-state index in [1.807, 2.05) is 72.8 Å². The van der Waals surface area contributed by atoms with Gasteiger partial charge in [-0.15, -0.1) is 0 Å². The SMILES string of the molecule is N#Cc1ccc2oc(Cc3ccc(OCc4ccccc4)cc3)cc2c1. The van der Waals surface area contributed by atoms with E-state index in [1.165, 1.54) is 0 Å². The fraction of sp³-hybridized carbons (Fsp3) is 0.0870. The number of hydrogen-bond donors (Lipinski definition) is 0. The minimum absolute atomic E-state index is 0.561. The second-order valence-electron chi connectivity index (χ2n) is 6.17. The van der Waals surface area contributed by atoms with E-state index in [-0.39, 0.29) is 0 Å². The Labute approximate surface area is 152 Å². The van der Waals surface area contributed by atoms with Crippen molar-refractivity contribution in [3.05, 3.63) is 101 Å². The maximum atomic E-state index is 8.99. The minimum atomic E-state index is 0.561. The Bertz CT molecular complexity index is 1060. The summed E-state index contributed by atoms with van der Waals surface area (Å²) in [7, 11) is 0. The smallest absolute Gasteiger partial charge is 0.134 e. The minimum Gasteiger partial charge on any atom is -0.489 e. The number of hydrogen-bond acceptors (Lipinski definition) is 3. The monoisotopic (exact) mass is 339 g/mol. The van der Waals surface area contributed by atoms with E-state index in [0.29, 0.717) is 18.6 Å². The quantitative estimate of drug-likeness (QED) is 0.484. The molecule has 0 N–H and O–H groups in total. The third-order valence-corrected chi connectivity index (χ3v) is 4.25. The standard InChI is InChI=1S/C23H17NO2/c24-15-19-8-11-23-20(12-19)14-22(26-23)13-17-6-9-21(10-7-17)25-16-18-4-2-1-3-5-18/h1-12,14H,13,16H2. The Kier molecular flexibility index (Phi) is 4.40. The Morgan fingerprint density at radius 2 is 1.65 bits per heavy atom. The normalized spacial score (nSPS) is 10.6. The highest BCUT2D eigenvalue weighted by molar-refractivity contribution is 5.79. The van der Waals surface area contributed by atoms with Crippen LogP contribution in [0.2, 0.25) is 0 Å². The second-order valence-corrected chi connectivity index (χ2v) is 6.17. The average Bonchev–Trinajstić information content (AvgIpc) is 3.09. The van der Waals surface area contributed by atoms with Crippen LogP contribution in [0.4, 0.5) is 0 Å². The maximum absolute atomic E-state index is 8.99. The van der Waals surface area contributed by atoms with E-state index in [2.05, 4.69) is 6.07 Å². The van der Waals surface area contributed by atoms with Gasteiger partial charge in [-0.1, -0.05) is 42.5 Å². The summed E-state index contributed by atoms with van der Waals surface area (Å²) < 4.78 is 11.7. The van der Waals surface area contributed by atoms with E-state index in [1.54, 1.807) is 6.07 Å². The zero-order chi connectivity index (χ0) is 17.8. The fourth-order valence-electron chi connectivity index (χ4n) is 2.90. The molecule has 0 bridgehead atoms. The van der Waals surface area contributed by atoms with Crippen molar-refractivity contribution in [1.82, 2.24) is 0 Å². The van der Waals surface area contributed by atoms with Crippen LogP contribution in [0.1, 0.15) is 22.5 Å². The highest BCUT2D eigenvalue weighted by Crippen LogP contribution is 2.23. The van der Waals surface area contributed by atoms with Crippen LogP contribution < -0.4 is 4.74 Å². The molecule has 1 heterocycles. The molecule has 0 amide bonds. The van der Waals surface area contributed by atoms with E-state index >= 15 is 0 Å². The van der Waals surface area contributed by atoms with Crippen LogP contribution in [0.15, 0.2) is 83.3 Å². The first kappa shape index (κ1) is 16.0. The van der Waals surface area contributed by atoms with E-state index in [9.17, 15) is 0 Å². The van der Waals surface area contributed by atoms with Crippen molar-refractivity contribution < 1.29 is 9.15 Å². The number of furan rings is 1. The van der Waals surface area contributed by atoms with Gasteiger partial charge in [-0.05, 0) is 47.5 Å². The highest BCUT2D eigenvalue weighted by atomic mass is 16.5. The number of ether oxygens (including phenoxy) is 1. The Morgan fingerprint density at radius 1 is 0.846 bits per heavy atom. The summed E-state index contributed by atoms with van der Waals surface area (Å²) in [6, 6.07) is 27.8. The van der Waals surface area contributed by atoms with Gasteiger partial charge in [-0.3, -0.25) is 0 Å². The largest absolute Gasteiger partial charge is 0.489 e. The summed E-state index contributed by atoms with van der Waals surface area (Å²) in [6.45, 7) is 0.561. The van der Waals surface area contributed by atoms with Crippen molar-refractivity contribution >= 4 is 11.0 Å². The molecule has 0 atom stereocenters. The lowest BCUT2D eigenvalue weighted by Gasteiger charge is -2.07. The summed E-state index contributed by atoms with van der Waals surface area (Å²) >= 11 is 0. The molecule has 1 aromatic heterocycles. The third-order valence-electron chi connectivity index (χ3n) is 4.25. The molecule has 3 heteroatoms. The molecule has 0 unspecified atom stereocenters. The van der Waals surface area contributed by atoms with Crippen molar-refractivity contribution in [3.8, 4) is 11.8 Å². The molecular weight excluding hydrogens is 322 g/mol. The first-order chi connectivity index (χ1) is 12.8. The molecule has 0 fully saturated rings. The molecule has 0 aliphatic heterocycles. The lowest BCUT2D eigenvalue weighted by molar-refractivity contribution is 0.306. The third kappa shape index (κ3) is 3.60. The fourth-order valence-corrected chi connectivity index (χ4v) is 2.90. The van der Waals surface area contributed by atoms with Crippen LogP contribution in [-0.4, -0.2) is 0 Å². The van der Waals surface area contributed by atoms with Gasteiger partial charge in [0.2, 0.25) is 0 Å². The number of fused-ring (bicyclic) bond motifs is 1. The molecule has 0 aliphatic carbocycles. The van der Waals surface area contributed by atoms with Crippen molar-refractivity contribution in [2.24, 2.45) is 0 Å². The molecule has 0 saturated carbocycles. The summed E-state index contributed by atoms with van der Waals surface area (Å²) in [6.07, 6.45) is 0.704. The van der Waals surface area contributed by atoms with Crippen LogP contribution in [0.5, 0.6) is 5.75 Å². The van der Waals surface area contributed by atoms with Crippen molar-refractivity contribution in [2.75, 3.05) is 0 Å². The lowest BCUT2D eigenvalue weighted by Crippen LogP contribution is -1.95. The maximum Gasteiger partial charge on any atom is 0.134 e. The van der Waals surface area contributed by atoms with Gasteiger partial charge in [0.25, 0.3) is 0 Å². The van der Waals surface area contributed by atoms with Gasteiger partial charge >= 0.3 is 0 Å². The Balaban J connectivity index is 1.43. The summed E-state index contributed by atoms with van der Waals surface area (Å²) in [5.74, 6) is 1.73. The Hall–Kier alpha value is -3.51. The Morgan fingerprint density at radius 3 is 2.42 bits per heavy atom. The topological polar surface area (TPSA) is 46.2 Å². The first-order valence-corrected chi connectivity index (χ1v) is 8.48. The zero-order valence-electron chi connectivity index (χ0n) is 14.2. The zero-order valence-corrected chi connectivity index (χ0v) is 14.2. The van der Waals surface area contributed by atoms with Gasteiger partial charge in [0.1, 0.15) is 23.7 Å². The molecule has 0 saturated heterocycles.